The third-order valence-electron chi connectivity index (χ3n) is 3.09. The van der Waals surface area contributed by atoms with Gasteiger partial charge in [-0.25, -0.2) is 9.67 Å². The zero-order chi connectivity index (χ0) is 10.9. The zero-order valence-corrected chi connectivity index (χ0v) is 9.61. The van der Waals surface area contributed by atoms with Gasteiger partial charge in [0, 0.05) is 18.5 Å². The van der Waals surface area contributed by atoms with Gasteiger partial charge >= 0.3 is 0 Å². The largest absolute Gasteiger partial charge is 0.325 e. The molecule has 0 bridgehead atoms. The lowest BCUT2D eigenvalue weighted by molar-refractivity contribution is 0.238. The van der Waals surface area contributed by atoms with Crippen LogP contribution in [0, 0.1) is 5.92 Å². The van der Waals surface area contributed by atoms with E-state index in [1.165, 1.54) is 6.42 Å². The van der Waals surface area contributed by atoms with Crippen LogP contribution < -0.4 is 5.73 Å². The minimum Gasteiger partial charge on any atom is -0.325 e. The molecule has 84 valence electrons. The lowest BCUT2D eigenvalue weighted by Crippen LogP contribution is -2.49. The minimum atomic E-state index is 0.00175. The molecule has 1 aliphatic carbocycles. The van der Waals surface area contributed by atoms with Gasteiger partial charge in [-0.2, -0.15) is 5.10 Å². The zero-order valence-electron chi connectivity index (χ0n) is 9.61. The number of nitrogens with two attached hydrogens (primary N) is 1. The van der Waals surface area contributed by atoms with Crippen molar-refractivity contribution in [1.29, 1.82) is 0 Å². The van der Waals surface area contributed by atoms with Crippen molar-refractivity contribution in [2.45, 2.75) is 51.6 Å². The third kappa shape index (κ3) is 2.37. The summed E-state index contributed by atoms with van der Waals surface area (Å²) in [5.41, 5.74) is 6.21. The smallest absolute Gasteiger partial charge is 0.138 e. The van der Waals surface area contributed by atoms with E-state index in [-0.39, 0.29) is 5.54 Å². The van der Waals surface area contributed by atoms with E-state index < -0.39 is 0 Å². The summed E-state index contributed by atoms with van der Waals surface area (Å²) < 4.78 is 2.00. The number of hydrogen-bond donors (Lipinski definition) is 1. The van der Waals surface area contributed by atoms with Crippen LogP contribution in [-0.4, -0.2) is 20.3 Å². The fraction of sp³-hybridized carbons (Fsp3) is 0.818. The van der Waals surface area contributed by atoms with Crippen molar-refractivity contribution in [2.75, 3.05) is 0 Å². The van der Waals surface area contributed by atoms with E-state index in [1.54, 1.807) is 6.33 Å². The molecule has 1 aromatic heterocycles. The molecule has 1 saturated carbocycles. The van der Waals surface area contributed by atoms with Gasteiger partial charge in [0.05, 0.1) is 0 Å². The molecule has 0 atom stereocenters. The molecular formula is C11H20N4. The summed E-state index contributed by atoms with van der Waals surface area (Å²) in [4.78, 5) is 4.31. The molecule has 4 nitrogen and oxygen atoms in total. The molecule has 0 saturated heterocycles. The van der Waals surface area contributed by atoms with E-state index in [0.29, 0.717) is 5.92 Å². The van der Waals surface area contributed by atoms with Gasteiger partial charge in [-0.1, -0.05) is 13.8 Å². The van der Waals surface area contributed by atoms with Crippen LogP contribution in [0.2, 0.25) is 0 Å². The Bertz CT molecular complexity index is 325. The van der Waals surface area contributed by atoms with Gasteiger partial charge in [-0.05, 0) is 25.2 Å². The molecule has 0 unspecified atom stereocenters. The summed E-state index contributed by atoms with van der Waals surface area (Å²) in [7, 11) is 0. The standard InChI is InChI=1S/C11H20N4/c1-9(2)7-15-10(13-8-14-15)6-11(12)4-3-5-11/h8-9H,3-7,12H2,1-2H3. The molecule has 0 amide bonds. The first-order valence-electron chi connectivity index (χ1n) is 5.75. The van der Waals surface area contributed by atoms with Crippen LogP contribution in [0.1, 0.15) is 38.9 Å². The quantitative estimate of drug-likeness (QED) is 0.812. The molecule has 1 heterocycles. The Balaban J connectivity index is 2.04. The van der Waals surface area contributed by atoms with E-state index in [4.69, 9.17) is 5.73 Å². The van der Waals surface area contributed by atoms with Gasteiger partial charge in [0.2, 0.25) is 0 Å². The Morgan fingerprint density at radius 1 is 1.53 bits per heavy atom. The summed E-state index contributed by atoms with van der Waals surface area (Å²) in [6.07, 6.45) is 6.03. The van der Waals surface area contributed by atoms with E-state index in [0.717, 1.165) is 31.6 Å². The molecular weight excluding hydrogens is 188 g/mol. The molecule has 15 heavy (non-hydrogen) atoms. The maximum atomic E-state index is 6.21. The topological polar surface area (TPSA) is 56.7 Å². The average Bonchev–Trinajstić information content (AvgIpc) is 2.49. The Labute approximate surface area is 90.9 Å². The second-order valence-corrected chi connectivity index (χ2v) is 5.14. The van der Waals surface area contributed by atoms with E-state index in [1.807, 2.05) is 4.68 Å². The molecule has 4 heteroatoms. The van der Waals surface area contributed by atoms with Crippen molar-refractivity contribution >= 4 is 0 Å². The monoisotopic (exact) mass is 208 g/mol. The maximum Gasteiger partial charge on any atom is 0.138 e. The highest BCUT2D eigenvalue weighted by Gasteiger charge is 2.34. The Hall–Kier alpha value is -0.900. The Morgan fingerprint density at radius 3 is 2.80 bits per heavy atom. The van der Waals surface area contributed by atoms with Crippen molar-refractivity contribution in [3.63, 3.8) is 0 Å². The van der Waals surface area contributed by atoms with E-state index in [2.05, 4.69) is 23.9 Å². The van der Waals surface area contributed by atoms with Crippen LogP contribution in [-0.2, 0) is 13.0 Å². The molecule has 0 aromatic carbocycles. The number of nitrogens with zero attached hydrogens (tertiary/aromatic N) is 3. The van der Waals surface area contributed by atoms with Crippen molar-refractivity contribution in [3.8, 4) is 0 Å². The SMILES string of the molecule is CC(C)Cn1ncnc1CC1(N)CCC1. The summed E-state index contributed by atoms with van der Waals surface area (Å²) in [5, 5.41) is 4.25. The summed E-state index contributed by atoms with van der Waals surface area (Å²) in [5.74, 6) is 1.64. The van der Waals surface area contributed by atoms with Crippen LogP contribution >= 0.6 is 0 Å². The molecule has 2 N–H and O–H groups in total. The van der Waals surface area contributed by atoms with Gasteiger partial charge in [0.25, 0.3) is 0 Å². The predicted molar refractivity (Wildman–Crippen MR) is 59.3 cm³/mol. The van der Waals surface area contributed by atoms with E-state index in [9.17, 15) is 0 Å². The molecule has 1 aliphatic rings. The maximum absolute atomic E-state index is 6.21. The van der Waals surface area contributed by atoms with Gasteiger partial charge in [-0.15, -0.1) is 0 Å². The second kappa shape index (κ2) is 3.93. The summed E-state index contributed by atoms with van der Waals surface area (Å²) in [6.45, 7) is 5.31. The lowest BCUT2D eigenvalue weighted by Gasteiger charge is -2.37. The fourth-order valence-electron chi connectivity index (χ4n) is 2.05. The van der Waals surface area contributed by atoms with Crippen molar-refractivity contribution < 1.29 is 0 Å². The Morgan fingerprint density at radius 2 is 2.27 bits per heavy atom. The van der Waals surface area contributed by atoms with Gasteiger partial charge in [-0.3, -0.25) is 0 Å². The normalized spacial score (nSPS) is 19.2. The minimum absolute atomic E-state index is 0.00175. The van der Waals surface area contributed by atoms with Gasteiger partial charge < -0.3 is 5.73 Å². The first kappa shape index (κ1) is 10.6. The highest BCUT2D eigenvalue weighted by molar-refractivity contribution is 5.02. The van der Waals surface area contributed by atoms with Crippen LogP contribution in [0.25, 0.3) is 0 Å². The van der Waals surface area contributed by atoms with Gasteiger partial charge in [0.1, 0.15) is 12.2 Å². The highest BCUT2D eigenvalue weighted by Crippen LogP contribution is 2.31. The molecule has 1 aromatic rings. The van der Waals surface area contributed by atoms with Crippen molar-refractivity contribution in [1.82, 2.24) is 14.8 Å². The molecule has 0 radical (unpaired) electrons. The van der Waals surface area contributed by atoms with Gasteiger partial charge in [0.15, 0.2) is 0 Å². The van der Waals surface area contributed by atoms with E-state index >= 15 is 0 Å². The first-order valence-corrected chi connectivity index (χ1v) is 5.75. The molecule has 2 rings (SSSR count). The average molecular weight is 208 g/mol. The molecule has 1 fully saturated rings. The van der Waals surface area contributed by atoms with Crippen LogP contribution in [0.4, 0.5) is 0 Å². The van der Waals surface area contributed by atoms with Crippen LogP contribution in [0.3, 0.4) is 0 Å². The first-order chi connectivity index (χ1) is 7.09. The van der Waals surface area contributed by atoms with Crippen LogP contribution in [0.15, 0.2) is 6.33 Å². The highest BCUT2D eigenvalue weighted by atomic mass is 15.3. The number of aromatic nitrogens is 3. The number of rotatable bonds is 4. The number of hydrogen-bond acceptors (Lipinski definition) is 3. The predicted octanol–water partition coefficient (Wildman–Crippen LogP) is 1.36. The van der Waals surface area contributed by atoms with Crippen molar-refractivity contribution in [3.05, 3.63) is 12.2 Å². The summed E-state index contributed by atoms with van der Waals surface area (Å²) >= 11 is 0. The summed E-state index contributed by atoms with van der Waals surface area (Å²) in [6, 6.07) is 0. The second-order valence-electron chi connectivity index (χ2n) is 5.14. The fourth-order valence-corrected chi connectivity index (χ4v) is 2.05. The molecule has 0 aliphatic heterocycles. The van der Waals surface area contributed by atoms with Crippen LogP contribution in [0.5, 0.6) is 0 Å². The Kier molecular flexibility index (Phi) is 2.78. The third-order valence-corrected chi connectivity index (χ3v) is 3.09. The lowest BCUT2D eigenvalue weighted by atomic mass is 9.75. The van der Waals surface area contributed by atoms with Crippen molar-refractivity contribution in [2.24, 2.45) is 11.7 Å². The molecule has 0 spiro atoms.